The minimum absolute atomic E-state index is 0.511. The van der Waals surface area contributed by atoms with Gasteiger partial charge >= 0.3 is 5.97 Å². The van der Waals surface area contributed by atoms with Crippen LogP contribution in [0.3, 0.4) is 0 Å². The summed E-state index contributed by atoms with van der Waals surface area (Å²) in [5, 5.41) is 8.80. The molecule has 1 aromatic carbocycles. The molecule has 1 aliphatic rings. The summed E-state index contributed by atoms with van der Waals surface area (Å²) < 4.78 is 10.9. The molecule has 1 heterocycles. The Balaban J connectivity index is 2.30. The maximum atomic E-state index is 10.7. The summed E-state index contributed by atoms with van der Waals surface area (Å²) in [4.78, 5) is 10.7. The Morgan fingerprint density at radius 3 is 2.69 bits per heavy atom. The Morgan fingerprint density at radius 2 is 2.00 bits per heavy atom. The second-order valence-electron chi connectivity index (χ2n) is 3.57. The molecule has 1 aliphatic heterocycles. The van der Waals surface area contributed by atoms with Crippen LogP contribution in [-0.2, 0) is 4.79 Å². The van der Waals surface area contributed by atoms with Gasteiger partial charge in [0.25, 0.3) is 0 Å². The Bertz CT molecular complexity index is 405. The molecule has 1 aromatic rings. The van der Waals surface area contributed by atoms with Crippen LogP contribution in [0.15, 0.2) is 18.2 Å². The lowest BCUT2D eigenvalue weighted by molar-refractivity contribution is -0.138. The summed E-state index contributed by atoms with van der Waals surface area (Å²) in [7, 11) is 0. The van der Waals surface area contributed by atoms with E-state index in [0.717, 1.165) is 6.42 Å². The number of hydrogen-bond donors (Lipinski definition) is 2. The molecule has 3 N–H and O–H groups in total. The molecule has 86 valence electrons. The number of nitrogens with two attached hydrogens (primary N) is 1. The summed E-state index contributed by atoms with van der Waals surface area (Å²) in [6.45, 7) is 1.18. The van der Waals surface area contributed by atoms with Crippen molar-refractivity contribution in [2.75, 3.05) is 13.2 Å². The summed E-state index contributed by atoms with van der Waals surface area (Å²) in [5.74, 6) is 0.139. The number of carbonyl (C=O) groups is 1. The number of ether oxygens (including phenoxy) is 2. The molecule has 5 heteroatoms. The van der Waals surface area contributed by atoms with Crippen molar-refractivity contribution in [3.05, 3.63) is 23.8 Å². The Labute approximate surface area is 92.8 Å². The number of rotatable bonds is 2. The summed E-state index contributed by atoms with van der Waals surface area (Å²) in [5.41, 5.74) is 6.02. The number of carboxylic acids is 1. The quantitative estimate of drug-likeness (QED) is 0.779. The van der Waals surface area contributed by atoms with Crippen molar-refractivity contribution in [3.8, 4) is 11.5 Å². The smallest absolute Gasteiger partial charge is 0.325 e. The highest BCUT2D eigenvalue weighted by molar-refractivity contribution is 5.75. The van der Waals surface area contributed by atoms with E-state index in [1.165, 1.54) is 0 Å². The molecular formula is C11H13NO4. The van der Waals surface area contributed by atoms with E-state index in [2.05, 4.69) is 0 Å². The third kappa shape index (κ3) is 2.09. The van der Waals surface area contributed by atoms with E-state index >= 15 is 0 Å². The minimum atomic E-state index is -1.06. The first-order valence-corrected chi connectivity index (χ1v) is 5.06. The second kappa shape index (κ2) is 4.40. The average Bonchev–Trinajstić information content (AvgIpc) is 2.51. The fraction of sp³-hybridized carbons (Fsp3) is 0.364. The molecule has 0 bridgehead atoms. The van der Waals surface area contributed by atoms with Crippen LogP contribution in [0.1, 0.15) is 18.0 Å². The monoisotopic (exact) mass is 223 g/mol. The zero-order valence-electron chi connectivity index (χ0n) is 8.68. The number of hydrogen-bond acceptors (Lipinski definition) is 4. The Kier molecular flexibility index (Phi) is 2.96. The van der Waals surface area contributed by atoms with Gasteiger partial charge in [0.05, 0.1) is 13.2 Å². The van der Waals surface area contributed by atoms with Gasteiger partial charge in [0.2, 0.25) is 0 Å². The lowest BCUT2D eigenvalue weighted by Crippen LogP contribution is -2.20. The van der Waals surface area contributed by atoms with E-state index in [-0.39, 0.29) is 0 Å². The maximum Gasteiger partial charge on any atom is 0.325 e. The molecule has 0 saturated heterocycles. The van der Waals surface area contributed by atoms with Crippen LogP contribution in [0.4, 0.5) is 0 Å². The summed E-state index contributed by atoms with van der Waals surface area (Å²) in [6, 6.07) is 3.93. The predicted octanol–water partition coefficient (Wildman–Crippen LogP) is 0.932. The van der Waals surface area contributed by atoms with Crippen LogP contribution in [0.5, 0.6) is 11.5 Å². The average molecular weight is 223 g/mol. The van der Waals surface area contributed by atoms with Gasteiger partial charge in [-0.05, 0) is 17.7 Å². The van der Waals surface area contributed by atoms with E-state index < -0.39 is 12.0 Å². The Hall–Kier alpha value is -1.75. The van der Waals surface area contributed by atoms with Crippen molar-refractivity contribution in [1.82, 2.24) is 0 Å². The first-order valence-electron chi connectivity index (χ1n) is 5.06. The van der Waals surface area contributed by atoms with E-state index in [9.17, 15) is 4.79 Å². The molecule has 1 atom stereocenters. The zero-order valence-corrected chi connectivity index (χ0v) is 8.68. The van der Waals surface area contributed by atoms with E-state index in [1.54, 1.807) is 18.2 Å². The molecule has 0 fully saturated rings. The molecular weight excluding hydrogens is 210 g/mol. The topological polar surface area (TPSA) is 81.8 Å². The normalized spacial score (nSPS) is 16.3. The van der Waals surface area contributed by atoms with Crippen molar-refractivity contribution in [3.63, 3.8) is 0 Å². The van der Waals surface area contributed by atoms with E-state index in [4.69, 9.17) is 20.3 Å². The van der Waals surface area contributed by atoms with Crippen molar-refractivity contribution < 1.29 is 19.4 Å². The van der Waals surface area contributed by atoms with Crippen molar-refractivity contribution in [1.29, 1.82) is 0 Å². The van der Waals surface area contributed by atoms with Crippen LogP contribution in [0.2, 0.25) is 0 Å². The molecule has 16 heavy (non-hydrogen) atoms. The van der Waals surface area contributed by atoms with Gasteiger partial charge in [-0.15, -0.1) is 0 Å². The van der Waals surface area contributed by atoms with Gasteiger partial charge in [0.1, 0.15) is 6.04 Å². The molecule has 0 aromatic heterocycles. The number of benzene rings is 1. The first kappa shape index (κ1) is 10.8. The fourth-order valence-corrected chi connectivity index (χ4v) is 1.52. The fourth-order valence-electron chi connectivity index (χ4n) is 1.52. The van der Waals surface area contributed by atoms with Crippen LogP contribution < -0.4 is 15.2 Å². The van der Waals surface area contributed by atoms with Crippen LogP contribution in [-0.4, -0.2) is 24.3 Å². The van der Waals surface area contributed by atoms with E-state index in [1.807, 2.05) is 0 Å². The molecule has 0 saturated carbocycles. The largest absolute Gasteiger partial charge is 0.490 e. The van der Waals surface area contributed by atoms with Crippen LogP contribution in [0, 0.1) is 0 Å². The lowest BCUT2D eigenvalue weighted by Gasteiger charge is -2.11. The zero-order chi connectivity index (χ0) is 11.5. The van der Waals surface area contributed by atoms with Crippen LogP contribution in [0.25, 0.3) is 0 Å². The lowest BCUT2D eigenvalue weighted by atomic mass is 10.1. The van der Waals surface area contributed by atoms with Gasteiger partial charge in [-0.2, -0.15) is 0 Å². The molecule has 1 unspecified atom stereocenters. The Morgan fingerprint density at radius 1 is 1.31 bits per heavy atom. The molecule has 5 nitrogen and oxygen atoms in total. The van der Waals surface area contributed by atoms with Gasteiger partial charge in [-0.25, -0.2) is 0 Å². The number of fused-ring (bicyclic) bond motifs is 1. The summed E-state index contributed by atoms with van der Waals surface area (Å²) >= 11 is 0. The first-order chi connectivity index (χ1) is 7.68. The standard InChI is InChI=1S/C11H13NO4/c12-10(11(13)14)7-2-3-8-9(6-7)16-5-1-4-15-8/h2-3,6,10H,1,4-5,12H2,(H,13,14). The molecule has 2 rings (SSSR count). The molecule has 0 aliphatic carbocycles. The van der Waals surface area contributed by atoms with Gasteiger partial charge in [0.15, 0.2) is 11.5 Å². The maximum absolute atomic E-state index is 10.7. The highest BCUT2D eigenvalue weighted by Gasteiger charge is 2.17. The van der Waals surface area contributed by atoms with Gasteiger partial charge < -0.3 is 20.3 Å². The van der Waals surface area contributed by atoms with Gasteiger partial charge in [0, 0.05) is 6.42 Å². The molecule has 0 spiro atoms. The number of carboxylic acid groups (broad SMARTS) is 1. The second-order valence-corrected chi connectivity index (χ2v) is 3.57. The highest BCUT2D eigenvalue weighted by atomic mass is 16.5. The predicted molar refractivity (Wildman–Crippen MR) is 56.6 cm³/mol. The highest BCUT2D eigenvalue weighted by Crippen LogP contribution is 2.31. The van der Waals surface area contributed by atoms with Crippen molar-refractivity contribution in [2.24, 2.45) is 5.73 Å². The summed E-state index contributed by atoms with van der Waals surface area (Å²) in [6.07, 6.45) is 0.814. The van der Waals surface area contributed by atoms with Gasteiger partial charge in [-0.1, -0.05) is 6.07 Å². The van der Waals surface area contributed by atoms with Crippen molar-refractivity contribution in [2.45, 2.75) is 12.5 Å². The van der Waals surface area contributed by atoms with Crippen molar-refractivity contribution >= 4 is 5.97 Å². The minimum Gasteiger partial charge on any atom is -0.490 e. The van der Waals surface area contributed by atoms with Crippen LogP contribution >= 0.6 is 0 Å². The molecule has 0 radical (unpaired) electrons. The SMILES string of the molecule is NC(C(=O)O)c1ccc2c(c1)OCCCO2. The third-order valence-corrected chi connectivity index (χ3v) is 2.40. The van der Waals surface area contributed by atoms with E-state index in [0.29, 0.717) is 30.3 Å². The molecule has 0 amide bonds. The third-order valence-electron chi connectivity index (χ3n) is 2.40. The van der Waals surface area contributed by atoms with Gasteiger partial charge in [-0.3, -0.25) is 4.79 Å². The number of aliphatic carboxylic acids is 1.